The van der Waals surface area contributed by atoms with Crippen molar-refractivity contribution in [2.24, 2.45) is 0 Å². The summed E-state index contributed by atoms with van der Waals surface area (Å²) in [7, 11) is -4.58. The quantitative estimate of drug-likeness (QED) is 0.639. The number of halogens is 6. The normalized spacial score (nSPS) is 13.1. The van der Waals surface area contributed by atoms with Crippen molar-refractivity contribution in [3.8, 4) is 0 Å². The highest BCUT2D eigenvalue weighted by molar-refractivity contribution is 7.91. The van der Waals surface area contributed by atoms with E-state index in [0.717, 1.165) is 12.1 Å². The predicted octanol–water partition coefficient (Wildman–Crippen LogP) is 4.14. The molecule has 3 nitrogen and oxygen atoms in total. The van der Waals surface area contributed by atoms with Crippen LogP contribution in [0.3, 0.4) is 0 Å². The van der Waals surface area contributed by atoms with Gasteiger partial charge in [-0.2, -0.15) is 26.3 Å². The van der Waals surface area contributed by atoms with Gasteiger partial charge in [0.1, 0.15) is 0 Å². The fourth-order valence-electron chi connectivity index (χ4n) is 1.86. The van der Waals surface area contributed by atoms with Crippen molar-refractivity contribution < 1.29 is 34.8 Å². The first-order chi connectivity index (χ1) is 10.8. The van der Waals surface area contributed by atoms with E-state index in [9.17, 15) is 34.8 Å². The first-order valence-corrected chi connectivity index (χ1v) is 7.70. The van der Waals surface area contributed by atoms with Gasteiger partial charge in [0, 0.05) is 5.69 Å². The van der Waals surface area contributed by atoms with E-state index in [2.05, 4.69) is 0 Å². The van der Waals surface area contributed by atoms with Crippen molar-refractivity contribution in [1.82, 2.24) is 0 Å². The van der Waals surface area contributed by atoms with E-state index >= 15 is 0 Å². The Morgan fingerprint density at radius 3 is 1.50 bits per heavy atom. The minimum Gasteiger partial charge on any atom is -0.399 e. The second-order valence-corrected chi connectivity index (χ2v) is 6.76. The van der Waals surface area contributed by atoms with Gasteiger partial charge in [0.05, 0.1) is 20.9 Å². The molecule has 0 spiro atoms. The van der Waals surface area contributed by atoms with Gasteiger partial charge in [-0.3, -0.25) is 0 Å². The number of sulfone groups is 1. The lowest BCUT2D eigenvalue weighted by molar-refractivity contribution is -0.143. The minimum absolute atomic E-state index is 0.137. The third-order valence-corrected chi connectivity index (χ3v) is 4.81. The van der Waals surface area contributed by atoms with Crippen LogP contribution < -0.4 is 5.73 Å². The molecule has 0 aliphatic rings. The molecule has 10 heteroatoms. The molecule has 0 fully saturated rings. The maximum absolute atomic E-state index is 12.8. The Balaban J connectivity index is 2.71. The number of nitrogen functional groups attached to an aromatic ring is 1. The average Bonchev–Trinajstić information content (AvgIpc) is 2.45. The smallest absolute Gasteiger partial charge is 0.399 e. The fraction of sp³-hybridized carbons (Fsp3) is 0.143. The first kappa shape index (κ1) is 18.1. The highest BCUT2D eigenvalue weighted by atomic mass is 32.2. The Morgan fingerprint density at radius 2 is 1.12 bits per heavy atom. The third-order valence-electron chi connectivity index (χ3n) is 3.06. The molecule has 24 heavy (non-hydrogen) atoms. The maximum atomic E-state index is 12.8. The molecule has 0 aromatic heterocycles. The van der Waals surface area contributed by atoms with E-state index in [1.807, 2.05) is 0 Å². The molecular formula is C14H9F6NO2S. The lowest BCUT2D eigenvalue weighted by atomic mass is 10.1. The zero-order valence-corrected chi connectivity index (χ0v) is 12.4. The summed E-state index contributed by atoms with van der Waals surface area (Å²) in [6.45, 7) is 0. The monoisotopic (exact) mass is 369 g/mol. The van der Waals surface area contributed by atoms with Crippen molar-refractivity contribution >= 4 is 15.5 Å². The molecule has 130 valence electrons. The van der Waals surface area contributed by atoms with E-state index in [-0.39, 0.29) is 23.9 Å². The predicted molar refractivity (Wildman–Crippen MR) is 72.8 cm³/mol. The van der Waals surface area contributed by atoms with E-state index in [4.69, 9.17) is 5.73 Å². The molecule has 0 unspecified atom stereocenters. The first-order valence-electron chi connectivity index (χ1n) is 6.22. The zero-order chi connectivity index (χ0) is 18.3. The van der Waals surface area contributed by atoms with Gasteiger partial charge in [-0.25, -0.2) is 8.42 Å². The van der Waals surface area contributed by atoms with Crippen LogP contribution in [0.5, 0.6) is 0 Å². The molecule has 0 radical (unpaired) electrons. The average molecular weight is 369 g/mol. The van der Waals surface area contributed by atoms with Gasteiger partial charge >= 0.3 is 12.4 Å². The van der Waals surface area contributed by atoms with Crippen LogP contribution in [0.15, 0.2) is 52.3 Å². The van der Waals surface area contributed by atoms with Gasteiger partial charge < -0.3 is 5.73 Å². The number of alkyl halides is 6. The Labute approximate surface area is 132 Å². The Hall–Kier alpha value is -2.23. The summed E-state index contributed by atoms with van der Waals surface area (Å²) in [6.07, 6.45) is -10.3. The van der Waals surface area contributed by atoms with Crippen molar-refractivity contribution in [1.29, 1.82) is 0 Å². The van der Waals surface area contributed by atoms with E-state index < -0.39 is 43.1 Å². The fourth-order valence-corrected chi connectivity index (χ4v) is 3.20. The Bertz CT molecular complexity index is 822. The van der Waals surface area contributed by atoms with Gasteiger partial charge in [0.15, 0.2) is 0 Å². The molecule has 0 heterocycles. The van der Waals surface area contributed by atoms with Crippen LogP contribution in [0.2, 0.25) is 0 Å². The standard InChI is InChI=1S/C14H9F6NO2S/c15-13(16,17)8-5-9(14(18,19)20)7-12(6-8)24(22,23)11-3-1-10(21)2-4-11/h1-7H,21H2. The molecule has 0 aliphatic heterocycles. The number of nitrogens with two attached hydrogens (primary N) is 1. The van der Waals surface area contributed by atoms with Crippen LogP contribution in [0.1, 0.15) is 11.1 Å². The van der Waals surface area contributed by atoms with E-state index in [1.54, 1.807) is 0 Å². The summed E-state index contributed by atoms with van der Waals surface area (Å²) in [4.78, 5) is -1.57. The Morgan fingerprint density at radius 1 is 0.708 bits per heavy atom. The van der Waals surface area contributed by atoms with Crippen molar-refractivity contribution in [2.75, 3.05) is 5.73 Å². The van der Waals surface area contributed by atoms with Crippen LogP contribution in [0, 0.1) is 0 Å². The zero-order valence-electron chi connectivity index (χ0n) is 11.6. The highest BCUT2D eigenvalue weighted by Gasteiger charge is 2.38. The van der Waals surface area contributed by atoms with Gasteiger partial charge in [-0.15, -0.1) is 0 Å². The molecule has 0 saturated carbocycles. The van der Waals surface area contributed by atoms with Crippen LogP contribution in [0.4, 0.5) is 32.0 Å². The number of anilines is 1. The minimum atomic E-state index is -5.13. The van der Waals surface area contributed by atoms with Crippen molar-refractivity contribution in [3.05, 3.63) is 53.6 Å². The molecule has 0 saturated heterocycles. The lowest BCUT2D eigenvalue weighted by Gasteiger charge is -2.14. The third kappa shape index (κ3) is 3.64. The number of hydrogen-bond donors (Lipinski definition) is 1. The SMILES string of the molecule is Nc1ccc(S(=O)(=O)c2cc(C(F)(F)F)cc(C(F)(F)F)c2)cc1. The van der Waals surface area contributed by atoms with Crippen molar-refractivity contribution in [2.45, 2.75) is 22.1 Å². The molecule has 0 bridgehead atoms. The number of rotatable bonds is 2. The molecule has 2 N–H and O–H groups in total. The summed E-state index contributed by atoms with van der Waals surface area (Å²) in [5, 5.41) is 0. The largest absolute Gasteiger partial charge is 0.416 e. The lowest BCUT2D eigenvalue weighted by Crippen LogP contribution is -2.13. The summed E-state index contributed by atoms with van der Waals surface area (Å²) in [5.41, 5.74) is 2.16. The maximum Gasteiger partial charge on any atom is 0.416 e. The van der Waals surface area contributed by atoms with Crippen LogP contribution in [0.25, 0.3) is 0 Å². The van der Waals surface area contributed by atoms with Crippen LogP contribution in [-0.2, 0) is 22.2 Å². The summed E-state index contributed by atoms with van der Waals surface area (Å²) in [6, 6.07) is 4.54. The number of benzene rings is 2. The highest BCUT2D eigenvalue weighted by Crippen LogP contribution is 2.38. The van der Waals surface area contributed by atoms with Crippen molar-refractivity contribution in [3.63, 3.8) is 0 Å². The second-order valence-electron chi connectivity index (χ2n) is 4.81. The Kier molecular flexibility index (Phi) is 4.29. The van der Waals surface area contributed by atoms with Crippen LogP contribution in [-0.4, -0.2) is 8.42 Å². The van der Waals surface area contributed by atoms with Gasteiger partial charge in [0.25, 0.3) is 0 Å². The molecule has 2 rings (SSSR count). The summed E-state index contributed by atoms with van der Waals surface area (Å²) < 4.78 is 101. The molecule has 0 amide bonds. The molecule has 2 aromatic carbocycles. The summed E-state index contributed by atoms with van der Waals surface area (Å²) >= 11 is 0. The summed E-state index contributed by atoms with van der Waals surface area (Å²) in [5.74, 6) is 0. The number of hydrogen-bond acceptors (Lipinski definition) is 3. The van der Waals surface area contributed by atoms with Gasteiger partial charge in [-0.05, 0) is 42.5 Å². The molecule has 2 aromatic rings. The second kappa shape index (κ2) is 5.69. The van der Waals surface area contributed by atoms with Gasteiger partial charge in [-0.1, -0.05) is 0 Å². The van der Waals surface area contributed by atoms with E-state index in [0.29, 0.717) is 0 Å². The molecule has 0 atom stereocenters. The van der Waals surface area contributed by atoms with E-state index in [1.165, 1.54) is 12.1 Å². The molecular weight excluding hydrogens is 360 g/mol. The van der Waals surface area contributed by atoms with Gasteiger partial charge in [0.2, 0.25) is 9.84 Å². The topological polar surface area (TPSA) is 60.2 Å². The van der Waals surface area contributed by atoms with Crippen LogP contribution >= 0.6 is 0 Å². The molecule has 0 aliphatic carbocycles.